The van der Waals surface area contributed by atoms with E-state index in [4.69, 9.17) is 4.74 Å². The number of hydrogen-bond acceptors (Lipinski definition) is 6. The highest BCUT2D eigenvalue weighted by Crippen LogP contribution is 2.38. The molecule has 1 aliphatic heterocycles. The van der Waals surface area contributed by atoms with Crippen LogP contribution in [0.1, 0.15) is 23.0 Å². The maximum atomic E-state index is 14.2. The summed E-state index contributed by atoms with van der Waals surface area (Å²) in [5, 5.41) is 11.1. The largest absolute Gasteiger partial charge is 0.486 e. The number of nitrogens with zero attached hydrogens (tertiary/aromatic N) is 3. The van der Waals surface area contributed by atoms with E-state index in [-0.39, 0.29) is 18.2 Å². The molecule has 0 aliphatic carbocycles. The third kappa shape index (κ3) is 4.60. The summed E-state index contributed by atoms with van der Waals surface area (Å²) in [5.74, 6) is 0.487. The van der Waals surface area contributed by atoms with Crippen molar-refractivity contribution in [1.82, 2.24) is 14.9 Å². The summed E-state index contributed by atoms with van der Waals surface area (Å²) < 4.78 is 21.8. The zero-order valence-corrected chi connectivity index (χ0v) is 19.1. The summed E-state index contributed by atoms with van der Waals surface area (Å²) >= 11 is 1.28. The maximum Gasteiger partial charge on any atom is 0.240 e. The Hall–Kier alpha value is -3.85. The Labute approximate surface area is 200 Å². The van der Waals surface area contributed by atoms with Crippen molar-refractivity contribution in [2.24, 2.45) is 0 Å². The van der Waals surface area contributed by atoms with Crippen LogP contribution in [0.4, 0.5) is 10.1 Å². The van der Waals surface area contributed by atoms with Gasteiger partial charge in [-0.05, 0) is 36.8 Å². The van der Waals surface area contributed by atoms with Crippen molar-refractivity contribution in [3.05, 3.63) is 102 Å². The van der Waals surface area contributed by atoms with Crippen LogP contribution in [0, 0.1) is 12.7 Å². The second kappa shape index (κ2) is 9.56. The van der Waals surface area contributed by atoms with Crippen molar-refractivity contribution in [2.45, 2.75) is 30.0 Å². The minimum absolute atomic E-state index is 0.139. The van der Waals surface area contributed by atoms with Gasteiger partial charge in [0.25, 0.3) is 0 Å². The van der Waals surface area contributed by atoms with Crippen LogP contribution < -0.4 is 15.5 Å². The lowest BCUT2D eigenvalue weighted by Gasteiger charge is -2.33. The Morgan fingerprint density at radius 1 is 1.06 bits per heavy atom. The number of fused-ring (bicyclic) bond motifs is 1. The van der Waals surface area contributed by atoms with Crippen molar-refractivity contribution >= 4 is 23.4 Å². The third-order valence-electron chi connectivity index (χ3n) is 5.44. The number of halogens is 1. The molecule has 1 amide bonds. The van der Waals surface area contributed by atoms with Crippen LogP contribution in [-0.4, -0.2) is 26.0 Å². The lowest BCUT2D eigenvalue weighted by atomic mass is 10.0. The molecule has 0 saturated carbocycles. The predicted octanol–water partition coefficient (Wildman–Crippen LogP) is 4.70. The number of rotatable bonds is 6. The number of carbonyl (C=O) groups excluding carboxylic acids is 1. The molecule has 5 rings (SSSR count). The first kappa shape index (κ1) is 22.0. The van der Waals surface area contributed by atoms with Gasteiger partial charge >= 0.3 is 0 Å². The standard InChI is InChI=1S/C25H22FN5O2S/c1-16-11-13-17(14-12-16)22-23(24(32)27-20-10-6-5-9-19(20)26)34-25-29-28-21(31(25)30-22)15-33-18-7-3-2-4-8-18/h2-14,22-23,30H,15H2,1H3,(H,27,32)/t22-,23+/m0/s1. The van der Waals surface area contributed by atoms with Gasteiger partial charge in [0.2, 0.25) is 11.1 Å². The zero-order chi connectivity index (χ0) is 23.5. The van der Waals surface area contributed by atoms with Crippen molar-refractivity contribution < 1.29 is 13.9 Å². The molecule has 0 radical (unpaired) electrons. The smallest absolute Gasteiger partial charge is 0.240 e. The number of nitrogens with one attached hydrogen (secondary N) is 2. The third-order valence-corrected chi connectivity index (χ3v) is 6.66. The van der Waals surface area contributed by atoms with Crippen LogP contribution in [0.25, 0.3) is 0 Å². The number of thioether (sulfide) groups is 1. The summed E-state index contributed by atoms with van der Waals surface area (Å²) in [4.78, 5) is 13.3. The monoisotopic (exact) mass is 475 g/mol. The fourth-order valence-corrected chi connectivity index (χ4v) is 4.75. The average molecular weight is 476 g/mol. The summed E-state index contributed by atoms with van der Waals surface area (Å²) in [6.45, 7) is 2.21. The fourth-order valence-electron chi connectivity index (χ4n) is 3.65. The quantitative estimate of drug-likeness (QED) is 0.421. The zero-order valence-electron chi connectivity index (χ0n) is 18.3. The first-order valence-corrected chi connectivity index (χ1v) is 11.6. The Morgan fingerprint density at radius 2 is 1.79 bits per heavy atom. The number of carbonyl (C=O) groups is 1. The summed E-state index contributed by atoms with van der Waals surface area (Å²) in [7, 11) is 0. The van der Waals surface area contributed by atoms with E-state index in [1.165, 1.54) is 23.9 Å². The Balaban J connectivity index is 1.43. The second-order valence-corrected chi connectivity index (χ2v) is 8.97. The number of ether oxygens (including phenoxy) is 1. The van der Waals surface area contributed by atoms with Gasteiger partial charge in [0.15, 0.2) is 5.82 Å². The number of amides is 1. The molecule has 2 heterocycles. The minimum Gasteiger partial charge on any atom is -0.486 e. The Morgan fingerprint density at radius 3 is 2.56 bits per heavy atom. The molecule has 1 aromatic heterocycles. The molecule has 172 valence electrons. The second-order valence-electron chi connectivity index (χ2n) is 7.86. The topological polar surface area (TPSA) is 81.1 Å². The first-order valence-electron chi connectivity index (χ1n) is 10.8. The SMILES string of the molecule is Cc1ccc([C@@H]2Nn3c(COc4ccccc4)nnc3S[C@H]2C(=O)Nc2ccccc2F)cc1. The van der Waals surface area contributed by atoms with Crippen LogP contribution in [-0.2, 0) is 11.4 Å². The van der Waals surface area contributed by atoms with Gasteiger partial charge in [0.05, 0.1) is 11.7 Å². The van der Waals surface area contributed by atoms with Crippen LogP contribution in [0.2, 0.25) is 0 Å². The number of hydrogen-bond donors (Lipinski definition) is 2. The summed E-state index contributed by atoms with van der Waals surface area (Å²) in [6.07, 6.45) is 0. The van der Waals surface area contributed by atoms with Gasteiger partial charge < -0.3 is 15.5 Å². The van der Waals surface area contributed by atoms with Crippen LogP contribution in [0.3, 0.4) is 0 Å². The van der Waals surface area contributed by atoms with Crippen molar-refractivity contribution in [3.63, 3.8) is 0 Å². The maximum absolute atomic E-state index is 14.2. The molecule has 2 N–H and O–H groups in total. The Kier molecular flexibility index (Phi) is 6.18. The van der Waals surface area contributed by atoms with E-state index in [0.717, 1.165) is 16.9 Å². The average Bonchev–Trinajstić information content (AvgIpc) is 3.26. The molecule has 9 heteroatoms. The van der Waals surface area contributed by atoms with Gasteiger partial charge in [-0.15, -0.1) is 10.2 Å². The van der Waals surface area contributed by atoms with Crippen LogP contribution in [0.15, 0.2) is 84.0 Å². The highest BCUT2D eigenvalue weighted by atomic mass is 32.2. The molecule has 7 nitrogen and oxygen atoms in total. The molecule has 0 bridgehead atoms. The van der Waals surface area contributed by atoms with E-state index in [1.807, 2.05) is 61.5 Å². The Bertz CT molecular complexity index is 1300. The number of para-hydroxylation sites is 2. The van der Waals surface area contributed by atoms with Crippen LogP contribution in [0.5, 0.6) is 5.75 Å². The van der Waals surface area contributed by atoms with Gasteiger partial charge in [0, 0.05) is 0 Å². The molecule has 2 atom stereocenters. The lowest BCUT2D eigenvalue weighted by Crippen LogP contribution is -2.41. The van der Waals surface area contributed by atoms with Gasteiger partial charge in [-0.2, -0.15) is 0 Å². The first-order chi connectivity index (χ1) is 16.6. The van der Waals surface area contributed by atoms with E-state index in [9.17, 15) is 9.18 Å². The summed E-state index contributed by atoms with van der Waals surface area (Å²) in [6, 6.07) is 23.1. The number of aromatic nitrogens is 3. The molecule has 4 aromatic rings. The van der Waals surface area contributed by atoms with E-state index >= 15 is 0 Å². The van der Waals surface area contributed by atoms with E-state index in [1.54, 1.807) is 16.8 Å². The van der Waals surface area contributed by atoms with Crippen LogP contribution >= 0.6 is 11.8 Å². The van der Waals surface area contributed by atoms with Gasteiger partial charge in [-0.1, -0.05) is 71.9 Å². The lowest BCUT2D eigenvalue weighted by molar-refractivity contribution is -0.116. The van der Waals surface area contributed by atoms with Crippen molar-refractivity contribution in [1.29, 1.82) is 0 Å². The van der Waals surface area contributed by atoms with Gasteiger partial charge in [0.1, 0.15) is 23.4 Å². The molecule has 3 aromatic carbocycles. The molecule has 0 spiro atoms. The van der Waals surface area contributed by atoms with E-state index in [0.29, 0.717) is 11.0 Å². The minimum atomic E-state index is -0.609. The van der Waals surface area contributed by atoms with Gasteiger partial charge in [-0.3, -0.25) is 4.79 Å². The predicted molar refractivity (Wildman–Crippen MR) is 129 cm³/mol. The van der Waals surface area contributed by atoms with Crippen molar-refractivity contribution in [2.75, 3.05) is 10.7 Å². The molecular formula is C25H22FN5O2S. The number of aryl methyl sites for hydroxylation is 1. The molecule has 0 saturated heterocycles. The normalized spacial score (nSPS) is 16.9. The summed E-state index contributed by atoms with van der Waals surface area (Å²) in [5.41, 5.74) is 5.55. The molecule has 0 unspecified atom stereocenters. The molecular weight excluding hydrogens is 453 g/mol. The molecule has 34 heavy (non-hydrogen) atoms. The molecule has 0 fully saturated rings. The van der Waals surface area contributed by atoms with Gasteiger partial charge in [-0.25, -0.2) is 9.07 Å². The van der Waals surface area contributed by atoms with E-state index in [2.05, 4.69) is 20.9 Å². The number of anilines is 1. The fraction of sp³-hybridized carbons (Fsp3) is 0.160. The highest BCUT2D eigenvalue weighted by Gasteiger charge is 2.38. The molecule has 1 aliphatic rings. The highest BCUT2D eigenvalue weighted by molar-refractivity contribution is 8.00. The van der Waals surface area contributed by atoms with E-state index < -0.39 is 17.1 Å². The number of benzene rings is 3. The van der Waals surface area contributed by atoms with Crippen molar-refractivity contribution in [3.8, 4) is 5.75 Å².